The zero-order valence-corrected chi connectivity index (χ0v) is 15.8. The molecule has 0 aliphatic carbocycles. The van der Waals surface area contributed by atoms with E-state index in [0.29, 0.717) is 23.9 Å². The molecule has 0 spiro atoms. The maximum absolute atomic E-state index is 12.5. The summed E-state index contributed by atoms with van der Waals surface area (Å²) in [5.74, 6) is -0.990. The number of hydrogen-bond acceptors (Lipinski definition) is 6. The minimum absolute atomic E-state index is 0.00315. The number of carbonyl (C=O) groups excluding carboxylic acids is 3. The molecule has 2 heterocycles. The van der Waals surface area contributed by atoms with Crippen LogP contribution < -0.4 is 5.32 Å². The minimum atomic E-state index is -0.388. The third-order valence-corrected chi connectivity index (χ3v) is 5.24. The first-order valence-electron chi connectivity index (χ1n) is 8.69. The summed E-state index contributed by atoms with van der Waals surface area (Å²) in [4.78, 5) is 41.9. The van der Waals surface area contributed by atoms with Gasteiger partial charge in [-0.2, -0.15) is 0 Å². The summed E-state index contributed by atoms with van der Waals surface area (Å²) < 4.78 is 4.60. The van der Waals surface area contributed by atoms with Crippen LogP contribution in [0.2, 0.25) is 0 Å². The van der Waals surface area contributed by atoms with Gasteiger partial charge >= 0.3 is 5.97 Å². The second-order valence-electron chi connectivity index (χ2n) is 6.36. The average molecular weight is 387 g/mol. The fourth-order valence-corrected chi connectivity index (χ4v) is 3.66. The molecule has 1 aliphatic rings. The van der Waals surface area contributed by atoms with Crippen LogP contribution in [0.4, 0.5) is 5.13 Å². The number of carbonyl (C=O) groups is 3. The highest BCUT2D eigenvalue weighted by molar-refractivity contribution is 7.13. The fraction of sp³-hybridized carbons (Fsp3) is 0.368. The van der Waals surface area contributed by atoms with Crippen LogP contribution in [0.3, 0.4) is 0 Å². The lowest BCUT2D eigenvalue weighted by Crippen LogP contribution is -2.30. The molecule has 0 unspecified atom stereocenters. The lowest BCUT2D eigenvalue weighted by molar-refractivity contribution is -0.139. The maximum Gasteiger partial charge on any atom is 0.311 e. The van der Waals surface area contributed by atoms with Gasteiger partial charge < -0.3 is 15.0 Å². The van der Waals surface area contributed by atoms with Gasteiger partial charge in [0.15, 0.2) is 5.13 Å². The molecular weight excluding hydrogens is 366 g/mol. The molecule has 1 aromatic carbocycles. The van der Waals surface area contributed by atoms with Gasteiger partial charge in [0, 0.05) is 24.9 Å². The van der Waals surface area contributed by atoms with E-state index in [0.717, 1.165) is 6.42 Å². The van der Waals surface area contributed by atoms with E-state index in [-0.39, 0.29) is 36.5 Å². The zero-order chi connectivity index (χ0) is 19.2. The van der Waals surface area contributed by atoms with Crippen LogP contribution in [-0.2, 0) is 32.0 Å². The summed E-state index contributed by atoms with van der Waals surface area (Å²) in [6, 6.07) is 9.96. The van der Waals surface area contributed by atoms with Crippen molar-refractivity contribution < 1.29 is 19.1 Å². The number of rotatable bonds is 7. The second kappa shape index (κ2) is 8.77. The number of methoxy groups -OCH3 is 1. The van der Waals surface area contributed by atoms with E-state index in [1.54, 1.807) is 10.3 Å². The third-order valence-electron chi connectivity index (χ3n) is 4.43. The predicted molar refractivity (Wildman–Crippen MR) is 101 cm³/mol. The van der Waals surface area contributed by atoms with Crippen molar-refractivity contribution in [2.24, 2.45) is 5.92 Å². The Balaban J connectivity index is 1.50. The molecule has 1 N–H and O–H groups in total. The van der Waals surface area contributed by atoms with Crippen LogP contribution in [0.15, 0.2) is 35.7 Å². The Labute approximate surface area is 161 Å². The summed E-state index contributed by atoms with van der Waals surface area (Å²) in [7, 11) is 1.32. The number of amides is 2. The van der Waals surface area contributed by atoms with Crippen molar-refractivity contribution in [3.05, 3.63) is 47.0 Å². The smallest absolute Gasteiger partial charge is 0.311 e. The Kier molecular flexibility index (Phi) is 6.18. The van der Waals surface area contributed by atoms with E-state index >= 15 is 0 Å². The van der Waals surface area contributed by atoms with Crippen LogP contribution >= 0.6 is 11.3 Å². The Bertz CT molecular complexity index is 821. The van der Waals surface area contributed by atoms with Crippen molar-refractivity contribution in [3.8, 4) is 0 Å². The van der Waals surface area contributed by atoms with Gasteiger partial charge in [0.2, 0.25) is 11.8 Å². The van der Waals surface area contributed by atoms with Crippen LogP contribution in [0.25, 0.3) is 0 Å². The highest BCUT2D eigenvalue weighted by Crippen LogP contribution is 2.22. The Morgan fingerprint density at radius 1 is 1.33 bits per heavy atom. The number of nitrogens with one attached hydrogen (secondary N) is 1. The molecule has 0 radical (unpaired) electrons. The molecule has 7 nitrogen and oxygen atoms in total. The van der Waals surface area contributed by atoms with Crippen molar-refractivity contribution in [2.75, 3.05) is 25.5 Å². The number of thiazole rings is 1. The quantitative estimate of drug-likeness (QED) is 0.733. The number of esters is 1. The van der Waals surface area contributed by atoms with Gasteiger partial charge in [-0.3, -0.25) is 14.4 Å². The van der Waals surface area contributed by atoms with Gasteiger partial charge in [-0.15, -0.1) is 11.3 Å². The fourth-order valence-electron chi connectivity index (χ4n) is 2.95. The first-order chi connectivity index (χ1) is 13.0. The highest BCUT2D eigenvalue weighted by Gasteiger charge is 2.34. The maximum atomic E-state index is 12.5. The highest BCUT2D eigenvalue weighted by atomic mass is 32.1. The van der Waals surface area contributed by atoms with Crippen LogP contribution in [0.5, 0.6) is 0 Å². The molecule has 8 heteroatoms. The van der Waals surface area contributed by atoms with Crippen molar-refractivity contribution in [1.29, 1.82) is 0 Å². The molecule has 1 saturated heterocycles. The van der Waals surface area contributed by atoms with E-state index in [9.17, 15) is 14.4 Å². The topological polar surface area (TPSA) is 88.6 Å². The van der Waals surface area contributed by atoms with Crippen molar-refractivity contribution in [2.45, 2.75) is 19.3 Å². The summed E-state index contributed by atoms with van der Waals surface area (Å²) in [6.07, 6.45) is 1.04. The number of hydrogen-bond donors (Lipinski definition) is 1. The summed E-state index contributed by atoms with van der Waals surface area (Å²) in [6.45, 7) is 1.02. The zero-order valence-electron chi connectivity index (χ0n) is 15.0. The number of aromatic nitrogens is 1. The van der Waals surface area contributed by atoms with E-state index in [1.165, 1.54) is 24.0 Å². The number of likely N-dealkylation sites (tertiary alicyclic amines) is 1. The van der Waals surface area contributed by atoms with Gasteiger partial charge in [0.05, 0.1) is 25.1 Å². The summed E-state index contributed by atoms with van der Waals surface area (Å²) in [5, 5.41) is 4.88. The number of nitrogens with zero attached hydrogens (tertiary/aromatic N) is 2. The molecule has 27 heavy (non-hydrogen) atoms. The molecule has 1 aromatic heterocycles. The average Bonchev–Trinajstić information content (AvgIpc) is 3.27. The molecule has 0 saturated carbocycles. The van der Waals surface area contributed by atoms with Crippen molar-refractivity contribution in [3.63, 3.8) is 0 Å². The van der Waals surface area contributed by atoms with Gasteiger partial charge in [-0.05, 0) is 12.0 Å². The van der Waals surface area contributed by atoms with Gasteiger partial charge in [0.1, 0.15) is 0 Å². The SMILES string of the molecule is COC(=O)Cc1csc(NC(=O)[C@@H]2CC(=O)N(CCc3ccccc3)C2)n1. The second-order valence-corrected chi connectivity index (χ2v) is 7.22. The minimum Gasteiger partial charge on any atom is -0.469 e. The molecule has 1 fully saturated rings. The van der Waals surface area contributed by atoms with Gasteiger partial charge in [-0.1, -0.05) is 30.3 Å². The Hall–Kier alpha value is -2.74. The first kappa shape index (κ1) is 19.0. The monoisotopic (exact) mass is 387 g/mol. The van der Waals surface area contributed by atoms with Gasteiger partial charge in [-0.25, -0.2) is 4.98 Å². The van der Waals surface area contributed by atoms with E-state index in [2.05, 4.69) is 15.0 Å². The molecular formula is C19H21N3O4S. The van der Waals surface area contributed by atoms with Gasteiger partial charge in [0.25, 0.3) is 0 Å². The lowest BCUT2D eigenvalue weighted by atomic mass is 10.1. The van der Waals surface area contributed by atoms with Crippen molar-refractivity contribution >= 4 is 34.3 Å². The molecule has 2 amide bonds. The Morgan fingerprint density at radius 3 is 2.85 bits per heavy atom. The normalized spacial score (nSPS) is 16.4. The summed E-state index contributed by atoms with van der Waals surface area (Å²) in [5.41, 5.74) is 1.72. The van der Waals surface area contributed by atoms with Crippen LogP contribution in [-0.4, -0.2) is 47.9 Å². The molecule has 142 valence electrons. The number of ether oxygens (including phenoxy) is 1. The summed E-state index contributed by atoms with van der Waals surface area (Å²) >= 11 is 1.25. The molecule has 1 aliphatic heterocycles. The van der Waals surface area contributed by atoms with E-state index < -0.39 is 0 Å². The van der Waals surface area contributed by atoms with Crippen LogP contribution in [0, 0.1) is 5.92 Å². The molecule has 3 rings (SSSR count). The van der Waals surface area contributed by atoms with E-state index in [1.807, 2.05) is 30.3 Å². The van der Waals surface area contributed by atoms with E-state index in [4.69, 9.17) is 0 Å². The Morgan fingerprint density at radius 2 is 2.11 bits per heavy atom. The number of benzene rings is 1. The predicted octanol–water partition coefficient (Wildman–Crippen LogP) is 1.89. The largest absolute Gasteiger partial charge is 0.469 e. The standard InChI is InChI=1S/C19H21N3O4S/c1-26-17(24)10-15-12-27-19(20-15)21-18(25)14-9-16(23)22(11-14)8-7-13-5-3-2-4-6-13/h2-6,12,14H,7-11H2,1H3,(H,20,21,25)/t14-/m1/s1. The first-order valence-corrected chi connectivity index (χ1v) is 9.57. The number of anilines is 1. The molecule has 2 aromatic rings. The molecule has 0 bridgehead atoms. The van der Waals surface area contributed by atoms with Crippen LogP contribution in [0.1, 0.15) is 17.7 Å². The molecule has 1 atom stereocenters. The lowest BCUT2D eigenvalue weighted by Gasteiger charge is -2.16. The third kappa shape index (κ3) is 5.13. The van der Waals surface area contributed by atoms with Crippen molar-refractivity contribution in [1.82, 2.24) is 9.88 Å².